The molecule has 0 aliphatic heterocycles. The summed E-state index contributed by atoms with van der Waals surface area (Å²) in [6.45, 7) is 13.5. The van der Waals surface area contributed by atoms with Gasteiger partial charge in [-0.25, -0.2) is 0 Å². The largest absolute Gasteiger partial charge is 0.310 e. The molecule has 0 N–H and O–H groups in total. The molecule has 2 nitrogen and oxygen atoms in total. The van der Waals surface area contributed by atoms with Crippen LogP contribution in [-0.4, -0.2) is 0 Å². The van der Waals surface area contributed by atoms with Gasteiger partial charge in [-0.2, -0.15) is 0 Å². The molecule has 3 aliphatic carbocycles. The molecule has 0 amide bonds. The molecule has 0 fully saturated rings. The van der Waals surface area contributed by atoms with Gasteiger partial charge in [-0.3, -0.25) is 0 Å². The second-order valence-corrected chi connectivity index (χ2v) is 19.2. The Morgan fingerprint density at radius 3 is 0.938 bits per heavy atom. The van der Waals surface area contributed by atoms with Crippen LogP contribution in [0, 0.1) is 27.7 Å². The molecule has 0 saturated heterocycles. The van der Waals surface area contributed by atoms with Gasteiger partial charge in [0.2, 0.25) is 0 Å². The second-order valence-electron chi connectivity index (χ2n) is 19.2. The molecule has 65 heavy (non-hydrogen) atoms. The summed E-state index contributed by atoms with van der Waals surface area (Å²) >= 11 is 0. The Balaban J connectivity index is 0.955. The van der Waals surface area contributed by atoms with E-state index in [9.17, 15) is 0 Å². The van der Waals surface area contributed by atoms with Gasteiger partial charge in [-0.15, -0.1) is 0 Å². The van der Waals surface area contributed by atoms with Crippen molar-refractivity contribution < 1.29 is 0 Å². The topological polar surface area (TPSA) is 6.48 Å². The van der Waals surface area contributed by atoms with E-state index in [0.717, 1.165) is 22.7 Å². The Kier molecular flexibility index (Phi) is 7.95. The molecule has 2 heteroatoms. The Bertz CT molecular complexity index is 3300. The highest BCUT2D eigenvalue weighted by atomic mass is 15.1. The predicted octanol–water partition coefficient (Wildman–Crippen LogP) is 17.8. The maximum absolute atomic E-state index is 2.54. The fourth-order valence-corrected chi connectivity index (χ4v) is 11.4. The molecule has 0 spiro atoms. The van der Waals surface area contributed by atoms with Gasteiger partial charge in [0.1, 0.15) is 0 Å². The molecular formula is C63H48N2. The van der Waals surface area contributed by atoms with E-state index in [2.05, 4.69) is 233 Å². The molecule has 310 valence electrons. The summed E-state index contributed by atoms with van der Waals surface area (Å²) in [6.07, 6.45) is 0. The number of hydrogen-bond donors (Lipinski definition) is 0. The van der Waals surface area contributed by atoms with E-state index in [4.69, 9.17) is 0 Å². The molecular weight excluding hydrogens is 785 g/mol. The number of aryl methyl sites for hydroxylation is 4. The summed E-state index contributed by atoms with van der Waals surface area (Å²) in [5, 5.41) is 5.21. The molecule has 13 rings (SSSR count). The molecule has 0 bridgehead atoms. The van der Waals surface area contributed by atoms with Crippen molar-refractivity contribution in [2.24, 2.45) is 0 Å². The van der Waals surface area contributed by atoms with Crippen LogP contribution in [0.2, 0.25) is 0 Å². The smallest absolute Gasteiger partial charge is 0.0540 e. The number of hydrogen-bond acceptors (Lipinski definition) is 2. The number of anilines is 6. The monoisotopic (exact) mass is 832 g/mol. The van der Waals surface area contributed by atoms with E-state index < -0.39 is 0 Å². The summed E-state index contributed by atoms with van der Waals surface area (Å²) < 4.78 is 0. The van der Waals surface area contributed by atoms with Crippen LogP contribution in [0.3, 0.4) is 0 Å². The van der Waals surface area contributed by atoms with Crippen molar-refractivity contribution in [3.63, 3.8) is 0 Å². The van der Waals surface area contributed by atoms with Crippen LogP contribution in [0.15, 0.2) is 182 Å². The van der Waals surface area contributed by atoms with E-state index in [0.29, 0.717) is 0 Å². The third-order valence-electron chi connectivity index (χ3n) is 14.8. The Labute approximate surface area is 381 Å². The minimum absolute atomic E-state index is 0.183. The normalized spacial score (nSPS) is 13.2. The van der Waals surface area contributed by atoms with E-state index in [1.165, 1.54) is 122 Å². The van der Waals surface area contributed by atoms with Crippen molar-refractivity contribution in [1.29, 1.82) is 0 Å². The van der Waals surface area contributed by atoms with Crippen LogP contribution in [0.1, 0.15) is 47.2 Å². The third kappa shape index (κ3) is 5.47. The molecule has 3 aliphatic rings. The van der Waals surface area contributed by atoms with Gasteiger partial charge in [0.25, 0.3) is 0 Å². The molecule has 10 aromatic rings. The first-order valence-corrected chi connectivity index (χ1v) is 23.0. The van der Waals surface area contributed by atoms with E-state index >= 15 is 0 Å². The number of rotatable bonds is 6. The summed E-state index contributed by atoms with van der Waals surface area (Å²) in [6, 6.07) is 69.1. The lowest BCUT2D eigenvalue weighted by Crippen LogP contribution is -2.15. The fourth-order valence-electron chi connectivity index (χ4n) is 11.4. The van der Waals surface area contributed by atoms with E-state index in [-0.39, 0.29) is 5.41 Å². The number of fused-ring (bicyclic) bond motifs is 9. The zero-order valence-electron chi connectivity index (χ0n) is 37.7. The molecule has 10 aromatic carbocycles. The Hall–Kier alpha value is -7.68. The van der Waals surface area contributed by atoms with Gasteiger partial charge in [0, 0.05) is 38.9 Å². The van der Waals surface area contributed by atoms with Crippen LogP contribution in [0.4, 0.5) is 34.1 Å². The predicted molar refractivity (Wildman–Crippen MR) is 276 cm³/mol. The highest BCUT2D eigenvalue weighted by molar-refractivity contribution is 6.22. The Morgan fingerprint density at radius 1 is 0.292 bits per heavy atom. The second kappa shape index (κ2) is 13.7. The maximum Gasteiger partial charge on any atom is 0.0540 e. The average molecular weight is 833 g/mol. The standard InChI is InChI=1S/C63H48N2/c1-37-13-21-41(22-14-37)64(42-23-15-38(2)16-24-42)59-31-29-47-53-35-57-55(33-51(53)45-9-7-11-49(59)61(45)47)56-34-52-46-10-8-12-50-60(32-30-48(62(46)50)54(52)36-58(56)63(57,5)6)65(43-25-17-39(3)18-26-43)44-27-19-40(4)20-28-44/h7-36H,1-6H3. The molecule has 0 atom stereocenters. The Morgan fingerprint density at radius 2 is 0.600 bits per heavy atom. The lowest BCUT2D eigenvalue weighted by molar-refractivity contribution is 0.661. The van der Waals surface area contributed by atoms with E-state index in [1.54, 1.807) is 0 Å². The zero-order chi connectivity index (χ0) is 43.9. The van der Waals surface area contributed by atoms with Crippen molar-refractivity contribution in [2.45, 2.75) is 47.0 Å². The van der Waals surface area contributed by atoms with Gasteiger partial charge >= 0.3 is 0 Å². The third-order valence-corrected chi connectivity index (χ3v) is 14.8. The molecule has 0 radical (unpaired) electrons. The van der Waals surface area contributed by atoms with Crippen LogP contribution < -0.4 is 9.80 Å². The highest BCUT2D eigenvalue weighted by Gasteiger charge is 2.40. The number of benzene rings is 10. The first kappa shape index (κ1) is 37.8. The summed E-state index contributed by atoms with van der Waals surface area (Å²) in [4.78, 5) is 4.85. The summed E-state index contributed by atoms with van der Waals surface area (Å²) in [5.74, 6) is 0. The molecule has 0 unspecified atom stereocenters. The minimum Gasteiger partial charge on any atom is -0.310 e. The van der Waals surface area contributed by atoms with Crippen molar-refractivity contribution in [1.82, 2.24) is 0 Å². The van der Waals surface area contributed by atoms with Gasteiger partial charge in [0.05, 0.1) is 11.4 Å². The highest BCUT2D eigenvalue weighted by Crippen LogP contribution is 2.60. The van der Waals surface area contributed by atoms with Crippen molar-refractivity contribution in [2.75, 3.05) is 9.80 Å². The van der Waals surface area contributed by atoms with Gasteiger partial charge in [-0.05, 0) is 190 Å². The molecule has 0 saturated carbocycles. The quantitative estimate of drug-likeness (QED) is 0.165. The first-order valence-electron chi connectivity index (χ1n) is 23.0. The van der Waals surface area contributed by atoms with Gasteiger partial charge < -0.3 is 9.80 Å². The lowest BCUT2D eigenvalue weighted by atomic mass is 9.80. The molecule has 0 heterocycles. The van der Waals surface area contributed by atoms with Crippen molar-refractivity contribution in [3.8, 4) is 55.6 Å². The molecule has 0 aromatic heterocycles. The van der Waals surface area contributed by atoms with Gasteiger partial charge in [-0.1, -0.05) is 133 Å². The van der Waals surface area contributed by atoms with Crippen LogP contribution in [-0.2, 0) is 5.41 Å². The summed E-state index contributed by atoms with van der Waals surface area (Å²) in [7, 11) is 0. The average Bonchev–Trinajstić information content (AvgIpc) is 3.89. The van der Waals surface area contributed by atoms with Crippen LogP contribution in [0.25, 0.3) is 77.2 Å². The van der Waals surface area contributed by atoms with Gasteiger partial charge in [0.15, 0.2) is 0 Å². The van der Waals surface area contributed by atoms with Crippen molar-refractivity contribution >= 4 is 55.7 Å². The summed E-state index contributed by atoms with van der Waals surface area (Å²) in [5.41, 5.74) is 28.0. The number of nitrogens with zero attached hydrogens (tertiary/aromatic N) is 2. The minimum atomic E-state index is -0.183. The van der Waals surface area contributed by atoms with Crippen LogP contribution >= 0.6 is 0 Å². The fraction of sp³-hybridized carbons (Fsp3) is 0.111. The van der Waals surface area contributed by atoms with Crippen molar-refractivity contribution in [3.05, 3.63) is 215 Å². The zero-order valence-corrected chi connectivity index (χ0v) is 37.7. The van der Waals surface area contributed by atoms with Crippen LogP contribution in [0.5, 0.6) is 0 Å². The SMILES string of the molecule is Cc1ccc(N(c2ccc(C)cc2)c2ccc3c4c(cccc24)-c2cc4c(cc2-3)C(C)(C)c2cc3c(cc2-4)-c2cccc4c(N(c5ccc(C)cc5)c5ccc(C)cc5)ccc-3c24)cc1. The first-order chi connectivity index (χ1) is 31.6. The maximum atomic E-state index is 2.54. The van der Waals surface area contributed by atoms with E-state index in [1.807, 2.05) is 0 Å². The lowest BCUT2D eigenvalue weighted by Gasteiger charge is -2.27.